The monoisotopic (exact) mass is 167 g/mol. The average molecular weight is 167 g/mol. The molecule has 1 atom stereocenters. The van der Waals surface area contributed by atoms with Gasteiger partial charge in [-0.15, -0.1) is 0 Å². The van der Waals surface area contributed by atoms with E-state index >= 15 is 0 Å². The minimum atomic E-state index is 0.241. The minimum absolute atomic E-state index is 0.241. The molecule has 1 heteroatoms. The Bertz CT molecular complexity index is 211. The first-order valence-electron chi connectivity index (χ1n) is 4.70. The highest BCUT2D eigenvalue weighted by Gasteiger charge is 2.37. The molecular formula is C11H21N. The largest absolute Gasteiger partial charge is 0.324 e. The van der Waals surface area contributed by atoms with Crippen LogP contribution in [0.25, 0.3) is 0 Å². The molecule has 1 nitrogen and oxygen atoms in total. The average Bonchev–Trinajstić information content (AvgIpc) is 1.79. The van der Waals surface area contributed by atoms with Gasteiger partial charge in [-0.05, 0) is 24.2 Å². The third-order valence-electron chi connectivity index (χ3n) is 2.86. The van der Waals surface area contributed by atoms with Crippen molar-refractivity contribution in [1.29, 1.82) is 0 Å². The summed E-state index contributed by atoms with van der Waals surface area (Å²) in [4.78, 5) is 0. The van der Waals surface area contributed by atoms with Gasteiger partial charge in [-0.2, -0.15) is 0 Å². The second-order valence-corrected chi connectivity index (χ2v) is 5.52. The lowest BCUT2D eigenvalue weighted by Crippen LogP contribution is -2.44. The second kappa shape index (κ2) is 2.59. The van der Waals surface area contributed by atoms with E-state index in [0.29, 0.717) is 5.41 Å². The Balaban J connectivity index is 3.00. The van der Waals surface area contributed by atoms with Gasteiger partial charge in [0.05, 0.1) is 0 Å². The molecule has 0 aromatic carbocycles. The van der Waals surface area contributed by atoms with Crippen molar-refractivity contribution in [3.8, 4) is 0 Å². The Morgan fingerprint density at radius 1 is 1.33 bits per heavy atom. The highest BCUT2D eigenvalue weighted by molar-refractivity contribution is 5.20. The predicted molar refractivity (Wildman–Crippen MR) is 53.9 cm³/mol. The van der Waals surface area contributed by atoms with Crippen molar-refractivity contribution in [2.75, 3.05) is 0 Å². The van der Waals surface area contributed by atoms with Gasteiger partial charge in [0.15, 0.2) is 0 Å². The topological polar surface area (TPSA) is 26.0 Å². The Morgan fingerprint density at radius 2 is 1.83 bits per heavy atom. The van der Waals surface area contributed by atoms with Crippen LogP contribution in [0.1, 0.15) is 41.0 Å². The van der Waals surface area contributed by atoms with Crippen LogP contribution in [0, 0.1) is 10.8 Å². The van der Waals surface area contributed by atoms with Gasteiger partial charge in [0.1, 0.15) is 0 Å². The number of hydrogen-bond acceptors (Lipinski definition) is 1. The fraction of sp³-hybridized carbons (Fsp3) is 0.818. The van der Waals surface area contributed by atoms with Gasteiger partial charge in [0.25, 0.3) is 0 Å². The minimum Gasteiger partial charge on any atom is -0.324 e. The lowest BCUT2D eigenvalue weighted by molar-refractivity contribution is 0.189. The summed E-state index contributed by atoms with van der Waals surface area (Å²) in [7, 11) is 0. The lowest BCUT2D eigenvalue weighted by atomic mass is 9.64. The van der Waals surface area contributed by atoms with Crippen LogP contribution in [-0.2, 0) is 0 Å². The molecule has 0 saturated carbocycles. The van der Waals surface area contributed by atoms with Crippen molar-refractivity contribution in [3.63, 3.8) is 0 Å². The zero-order valence-corrected chi connectivity index (χ0v) is 8.94. The van der Waals surface area contributed by atoms with E-state index in [9.17, 15) is 0 Å². The molecule has 0 bridgehead atoms. The van der Waals surface area contributed by atoms with Crippen LogP contribution < -0.4 is 5.73 Å². The van der Waals surface area contributed by atoms with Gasteiger partial charge in [0, 0.05) is 6.04 Å². The molecule has 0 radical (unpaired) electrons. The molecule has 1 aliphatic rings. The van der Waals surface area contributed by atoms with Crippen LogP contribution >= 0.6 is 0 Å². The summed E-state index contributed by atoms with van der Waals surface area (Å²) < 4.78 is 0. The van der Waals surface area contributed by atoms with Crippen molar-refractivity contribution >= 4 is 0 Å². The fourth-order valence-corrected chi connectivity index (χ4v) is 2.66. The molecule has 0 spiro atoms. The summed E-state index contributed by atoms with van der Waals surface area (Å²) in [6.45, 7) is 11.2. The van der Waals surface area contributed by atoms with E-state index in [4.69, 9.17) is 5.73 Å². The summed E-state index contributed by atoms with van der Waals surface area (Å²) >= 11 is 0. The Hall–Kier alpha value is -0.300. The third-order valence-corrected chi connectivity index (χ3v) is 2.86. The maximum atomic E-state index is 6.11. The smallest absolute Gasteiger partial charge is 0.0303 e. The Labute approximate surface area is 76.0 Å². The van der Waals surface area contributed by atoms with E-state index in [1.54, 1.807) is 0 Å². The van der Waals surface area contributed by atoms with Crippen molar-refractivity contribution in [1.82, 2.24) is 0 Å². The molecule has 0 aromatic rings. The van der Waals surface area contributed by atoms with E-state index in [1.165, 1.54) is 12.0 Å². The van der Waals surface area contributed by atoms with E-state index in [0.717, 1.165) is 0 Å². The number of allylic oxidation sites excluding steroid dienone is 1. The summed E-state index contributed by atoms with van der Waals surface area (Å²) in [5.74, 6) is 0. The van der Waals surface area contributed by atoms with Gasteiger partial charge in [-0.25, -0.2) is 0 Å². The first kappa shape index (κ1) is 9.79. The van der Waals surface area contributed by atoms with Crippen LogP contribution in [0.4, 0.5) is 0 Å². The predicted octanol–water partition coefficient (Wildman–Crippen LogP) is 2.72. The van der Waals surface area contributed by atoms with E-state index in [-0.39, 0.29) is 11.5 Å². The zero-order valence-electron chi connectivity index (χ0n) is 8.94. The first-order chi connectivity index (χ1) is 5.25. The summed E-state index contributed by atoms with van der Waals surface area (Å²) in [6.07, 6.45) is 3.50. The van der Waals surface area contributed by atoms with Crippen LogP contribution in [0.15, 0.2) is 11.6 Å². The van der Waals surface area contributed by atoms with Crippen LogP contribution in [0.5, 0.6) is 0 Å². The molecular weight excluding hydrogens is 146 g/mol. The maximum Gasteiger partial charge on any atom is 0.0303 e. The fourth-order valence-electron chi connectivity index (χ4n) is 2.66. The van der Waals surface area contributed by atoms with E-state index in [1.807, 2.05) is 0 Å². The van der Waals surface area contributed by atoms with E-state index < -0.39 is 0 Å². The van der Waals surface area contributed by atoms with Gasteiger partial charge in [-0.3, -0.25) is 0 Å². The molecule has 1 rings (SSSR count). The molecule has 2 N–H and O–H groups in total. The Morgan fingerprint density at radius 3 is 2.25 bits per heavy atom. The highest BCUT2D eigenvalue weighted by atomic mass is 14.7. The lowest BCUT2D eigenvalue weighted by Gasteiger charge is -2.43. The molecule has 12 heavy (non-hydrogen) atoms. The van der Waals surface area contributed by atoms with Crippen molar-refractivity contribution in [2.45, 2.75) is 47.1 Å². The standard InChI is InChI=1S/C11H21N/c1-8-6-10(2,3)7-11(4,5)9(8)12/h6,9H,7,12H2,1-5H3. The van der Waals surface area contributed by atoms with Crippen molar-refractivity contribution in [2.24, 2.45) is 16.6 Å². The molecule has 0 aliphatic heterocycles. The second-order valence-electron chi connectivity index (χ2n) is 5.52. The van der Waals surface area contributed by atoms with Gasteiger partial charge in [0.2, 0.25) is 0 Å². The molecule has 1 unspecified atom stereocenters. The molecule has 0 saturated heterocycles. The van der Waals surface area contributed by atoms with Crippen LogP contribution in [-0.4, -0.2) is 6.04 Å². The van der Waals surface area contributed by atoms with Gasteiger partial charge < -0.3 is 5.73 Å². The van der Waals surface area contributed by atoms with Crippen LogP contribution in [0.2, 0.25) is 0 Å². The molecule has 0 fully saturated rings. The quantitative estimate of drug-likeness (QED) is 0.552. The van der Waals surface area contributed by atoms with E-state index in [2.05, 4.69) is 40.7 Å². The number of hydrogen-bond donors (Lipinski definition) is 1. The molecule has 0 amide bonds. The zero-order chi connectivity index (χ0) is 9.57. The first-order valence-corrected chi connectivity index (χ1v) is 4.70. The number of nitrogens with two attached hydrogens (primary N) is 1. The van der Waals surface area contributed by atoms with Gasteiger partial charge >= 0.3 is 0 Å². The van der Waals surface area contributed by atoms with Crippen molar-refractivity contribution in [3.05, 3.63) is 11.6 Å². The summed E-state index contributed by atoms with van der Waals surface area (Å²) in [6, 6.07) is 0.241. The molecule has 0 heterocycles. The van der Waals surface area contributed by atoms with Crippen LogP contribution in [0.3, 0.4) is 0 Å². The normalized spacial score (nSPS) is 32.8. The molecule has 70 valence electrons. The van der Waals surface area contributed by atoms with Crippen molar-refractivity contribution < 1.29 is 0 Å². The molecule has 0 aromatic heterocycles. The SMILES string of the molecule is CC1=CC(C)(C)CC(C)(C)C1N. The Kier molecular flexibility index (Phi) is 2.12. The summed E-state index contributed by atoms with van der Waals surface area (Å²) in [5.41, 5.74) is 8.03. The number of rotatable bonds is 0. The van der Waals surface area contributed by atoms with Gasteiger partial charge in [-0.1, -0.05) is 39.3 Å². The highest BCUT2D eigenvalue weighted by Crippen LogP contribution is 2.43. The third kappa shape index (κ3) is 1.71. The molecule has 1 aliphatic carbocycles. The summed E-state index contributed by atoms with van der Waals surface area (Å²) in [5, 5.41) is 0. The maximum absolute atomic E-state index is 6.11.